The fourth-order valence-electron chi connectivity index (χ4n) is 3.76. The number of piperidine rings is 1. The topological polar surface area (TPSA) is 94.4 Å². The van der Waals surface area contributed by atoms with Crippen molar-refractivity contribution < 1.29 is 14.7 Å². The van der Waals surface area contributed by atoms with Crippen molar-refractivity contribution in [2.75, 3.05) is 6.54 Å². The van der Waals surface area contributed by atoms with Crippen molar-refractivity contribution in [1.82, 2.24) is 10.2 Å². The van der Waals surface area contributed by atoms with E-state index < -0.39 is 11.2 Å². The first-order chi connectivity index (χ1) is 13.8. The van der Waals surface area contributed by atoms with Gasteiger partial charge in [-0.15, -0.1) is 5.10 Å². The van der Waals surface area contributed by atoms with Crippen molar-refractivity contribution in [3.63, 3.8) is 0 Å². The van der Waals surface area contributed by atoms with E-state index in [1.165, 1.54) is 36.0 Å². The number of rotatable bonds is 6. The molecule has 0 saturated carbocycles. The van der Waals surface area contributed by atoms with Gasteiger partial charge in [-0.05, 0) is 56.8 Å². The van der Waals surface area contributed by atoms with Gasteiger partial charge < -0.3 is 10.4 Å². The van der Waals surface area contributed by atoms with Gasteiger partial charge in [0.05, 0.1) is 12.6 Å². The second-order valence-corrected chi connectivity index (χ2v) is 8.99. The zero-order chi connectivity index (χ0) is 21.0. The molecule has 8 heteroatoms. The quantitative estimate of drug-likeness (QED) is 0.549. The van der Waals surface area contributed by atoms with Crippen LogP contribution in [0.3, 0.4) is 0 Å². The Hall–Kier alpha value is -2.19. The summed E-state index contributed by atoms with van der Waals surface area (Å²) in [5.41, 5.74) is 4.67. The van der Waals surface area contributed by atoms with Gasteiger partial charge in [-0.1, -0.05) is 35.9 Å². The van der Waals surface area contributed by atoms with Gasteiger partial charge in [0, 0.05) is 12.6 Å². The number of hydrogen-bond donors (Lipinski definition) is 2. The maximum atomic E-state index is 11.8. The molecule has 3 rings (SSSR count). The number of hydrogen-bond acceptors (Lipinski definition) is 6. The minimum absolute atomic E-state index is 0.228. The summed E-state index contributed by atoms with van der Waals surface area (Å²) >= 11 is 1.10. The van der Waals surface area contributed by atoms with Crippen molar-refractivity contribution in [3.8, 4) is 0 Å². The number of thioether (sulfide) groups is 1. The Morgan fingerprint density at radius 1 is 1.38 bits per heavy atom. The largest absolute Gasteiger partial charge is 0.481 e. The van der Waals surface area contributed by atoms with Crippen molar-refractivity contribution in [3.05, 3.63) is 34.4 Å². The van der Waals surface area contributed by atoms with E-state index in [9.17, 15) is 9.59 Å². The molecule has 2 heterocycles. The number of aliphatic carboxylic acids is 1. The molecular weight excluding hydrogens is 388 g/mol. The van der Waals surface area contributed by atoms with Crippen LogP contribution in [0.1, 0.15) is 54.9 Å². The molecule has 0 radical (unpaired) electrons. The maximum absolute atomic E-state index is 11.8. The first-order valence-corrected chi connectivity index (χ1v) is 10.9. The Morgan fingerprint density at radius 3 is 2.90 bits per heavy atom. The fraction of sp³-hybridized carbons (Fsp3) is 0.524. The van der Waals surface area contributed by atoms with Gasteiger partial charge in [-0.2, -0.15) is 5.10 Å². The van der Waals surface area contributed by atoms with Gasteiger partial charge in [0.1, 0.15) is 5.25 Å². The average molecular weight is 417 g/mol. The third-order valence-corrected chi connectivity index (χ3v) is 6.57. The number of nitrogens with one attached hydrogen (secondary N) is 1. The van der Waals surface area contributed by atoms with E-state index >= 15 is 0 Å². The van der Waals surface area contributed by atoms with Crippen LogP contribution in [0.25, 0.3) is 0 Å². The molecule has 1 aromatic carbocycles. The predicted octanol–water partition coefficient (Wildman–Crippen LogP) is 3.07. The predicted molar refractivity (Wildman–Crippen MR) is 116 cm³/mol. The summed E-state index contributed by atoms with van der Waals surface area (Å²) in [6.07, 6.45) is 5.30. The molecular formula is C21H28N4O3S. The van der Waals surface area contributed by atoms with Crippen molar-refractivity contribution >= 4 is 35.0 Å². The van der Waals surface area contributed by atoms with Gasteiger partial charge in [0.25, 0.3) is 0 Å². The highest BCUT2D eigenvalue weighted by molar-refractivity contribution is 8.15. The number of carbonyl (C=O) groups excluding carboxylic acids is 1. The number of aryl methyl sites for hydroxylation is 1. The minimum Gasteiger partial charge on any atom is -0.481 e. The molecule has 1 aromatic rings. The molecule has 0 aromatic heterocycles. The number of nitrogens with zero attached hydrogens (tertiary/aromatic N) is 3. The van der Waals surface area contributed by atoms with Crippen LogP contribution >= 0.6 is 11.8 Å². The normalized spacial score (nSPS) is 24.4. The summed E-state index contributed by atoms with van der Waals surface area (Å²) in [7, 11) is 0. The van der Waals surface area contributed by atoms with Gasteiger partial charge >= 0.3 is 5.97 Å². The van der Waals surface area contributed by atoms with Crippen LogP contribution in [0.15, 0.2) is 22.3 Å². The summed E-state index contributed by atoms with van der Waals surface area (Å²) in [4.78, 5) is 25.1. The van der Waals surface area contributed by atoms with E-state index in [1.54, 1.807) is 6.21 Å². The lowest BCUT2D eigenvalue weighted by Crippen LogP contribution is -2.37. The highest BCUT2D eigenvalue weighted by atomic mass is 32.2. The highest BCUT2D eigenvalue weighted by Gasteiger charge is 2.32. The molecule has 2 aliphatic rings. The van der Waals surface area contributed by atoms with Crippen LogP contribution in [0, 0.1) is 13.8 Å². The maximum Gasteiger partial charge on any atom is 0.305 e. The Balaban J connectivity index is 1.71. The second kappa shape index (κ2) is 9.54. The summed E-state index contributed by atoms with van der Waals surface area (Å²) in [6, 6.07) is 4.92. The molecule has 2 saturated heterocycles. The Labute approximate surface area is 175 Å². The number of amides is 1. The van der Waals surface area contributed by atoms with E-state index in [4.69, 9.17) is 5.11 Å². The monoisotopic (exact) mass is 416 g/mol. The van der Waals surface area contributed by atoms with Crippen LogP contribution < -0.4 is 5.32 Å². The lowest BCUT2D eigenvalue weighted by atomic mass is 9.97. The Morgan fingerprint density at radius 2 is 2.17 bits per heavy atom. The molecule has 156 valence electrons. The zero-order valence-electron chi connectivity index (χ0n) is 17.1. The van der Waals surface area contributed by atoms with Crippen molar-refractivity contribution in [2.45, 2.75) is 64.3 Å². The molecule has 1 amide bonds. The third kappa shape index (κ3) is 5.67. The number of amidine groups is 1. The van der Waals surface area contributed by atoms with Gasteiger partial charge in [-0.25, -0.2) is 0 Å². The first-order valence-electron chi connectivity index (χ1n) is 9.98. The summed E-state index contributed by atoms with van der Waals surface area (Å²) in [5, 5.41) is 19.3. The molecule has 0 bridgehead atoms. The molecule has 2 unspecified atom stereocenters. The van der Waals surface area contributed by atoms with E-state index in [-0.39, 0.29) is 12.3 Å². The van der Waals surface area contributed by atoms with Crippen LogP contribution in [-0.4, -0.2) is 51.1 Å². The standard InChI is InChI=1S/C21H28N4O3S/c1-13-8-16(11-22-24-21-23-20(28)18(29-21)10-19(26)27)15(3)17(9-13)12-25-7-5-4-6-14(25)2/h8-9,11,14,18H,4-7,10,12H2,1-3H3,(H,26,27)(H,23,24,28). The van der Waals surface area contributed by atoms with Crippen LogP contribution in [0.4, 0.5) is 0 Å². The number of carboxylic acids is 1. The highest BCUT2D eigenvalue weighted by Crippen LogP contribution is 2.24. The summed E-state index contributed by atoms with van der Waals surface area (Å²) < 4.78 is 0. The van der Waals surface area contributed by atoms with E-state index in [0.717, 1.165) is 30.4 Å². The molecule has 0 spiro atoms. The molecule has 29 heavy (non-hydrogen) atoms. The molecule has 2 atom stereocenters. The summed E-state index contributed by atoms with van der Waals surface area (Å²) in [5.74, 6) is -1.34. The van der Waals surface area contributed by atoms with Gasteiger partial charge in [0.2, 0.25) is 5.91 Å². The van der Waals surface area contributed by atoms with Crippen LogP contribution in [0.2, 0.25) is 0 Å². The second-order valence-electron chi connectivity index (χ2n) is 7.80. The third-order valence-electron chi connectivity index (χ3n) is 5.50. The lowest BCUT2D eigenvalue weighted by molar-refractivity contribution is -0.138. The molecule has 2 N–H and O–H groups in total. The van der Waals surface area contributed by atoms with Gasteiger partial charge in [-0.3, -0.25) is 14.5 Å². The van der Waals surface area contributed by atoms with Gasteiger partial charge in [0.15, 0.2) is 5.17 Å². The van der Waals surface area contributed by atoms with Crippen molar-refractivity contribution in [2.24, 2.45) is 10.2 Å². The SMILES string of the molecule is Cc1cc(C=NN=C2NC(=O)C(CC(=O)O)S2)c(C)c(CN2CCCCC2C)c1. The smallest absolute Gasteiger partial charge is 0.305 e. The number of likely N-dealkylation sites (tertiary alicyclic amines) is 1. The molecule has 7 nitrogen and oxygen atoms in total. The Kier molecular flexibility index (Phi) is 7.08. The van der Waals surface area contributed by atoms with E-state index in [0.29, 0.717) is 11.2 Å². The van der Waals surface area contributed by atoms with E-state index in [2.05, 4.69) is 53.3 Å². The fourth-order valence-corrected chi connectivity index (χ4v) is 4.68. The average Bonchev–Trinajstić information content (AvgIpc) is 2.99. The number of carboxylic acid groups (broad SMARTS) is 1. The van der Waals surface area contributed by atoms with E-state index in [1.807, 2.05) is 0 Å². The minimum atomic E-state index is -1.01. The Bertz CT molecular complexity index is 853. The molecule has 0 aliphatic carbocycles. The lowest BCUT2D eigenvalue weighted by Gasteiger charge is -2.34. The molecule has 2 fully saturated rings. The van der Waals surface area contributed by atoms with Crippen LogP contribution in [0.5, 0.6) is 0 Å². The summed E-state index contributed by atoms with van der Waals surface area (Å²) in [6.45, 7) is 8.56. The molecule has 2 aliphatic heterocycles. The zero-order valence-corrected chi connectivity index (χ0v) is 18.0. The first kappa shape index (κ1) is 21.5. The van der Waals surface area contributed by atoms with Crippen molar-refractivity contribution in [1.29, 1.82) is 0 Å². The number of benzene rings is 1. The number of carbonyl (C=O) groups is 2. The van der Waals surface area contributed by atoms with Crippen LogP contribution in [-0.2, 0) is 16.1 Å².